The number of allylic oxidation sites excluding steroid dienone is 2. The monoisotopic (exact) mass is 273 g/mol. The molecule has 0 bridgehead atoms. The van der Waals surface area contributed by atoms with E-state index in [9.17, 15) is 9.59 Å². The second-order valence-corrected chi connectivity index (χ2v) is 5.05. The summed E-state index contributed by atoms with van der Waals surface area (Å²) in [5.41, 5.74) is 1.06. The fourth-order valence-electron chi connectivity index (χ4n) is 2.38. The zero-order chi connectivity index (χ0) is 14.4. The van der Waals surface area contributed by atoms with Crippen LogP contribution in [0.4, 0.5) is 0 Å². The maximum atomic E-state index is 12.1. The molecule has 0 heterocycles. The van der Waals surface area contributed by atoms with Crippen molar-refractivity contribution in [3.63, 3.8) is 0 Å². The first-order valence-corrected chi connectivity index (χ1v) is 6.92. The molecule has 2 rings (SSSR count). The van der Waals surface area contributed by atoms with E-state index in [2.05, 4.69) is 17.5 Å². The third kappa shape index (κ3) is 3.95. The fourth-order valence-corrected chi connectivity index (χ4v) is 2.38. The summed E-state index contributed by atoms with van der Waals surface area (Å²) >= 11 is 0. The molecule has 0 unspecified atom stereocenters. The van der Waals surface area contributed by atoms with E-state index in [0.717, 1.165) is 31.2 Å². The third-order valence-corrected chi connectivity index (χ3v) is 3.54. The Morgan fingerprint density at radius 3 is 2.55 bits per heavy atom. The quantitative estimate of drug-likeness (QED) is 0.829. The molecule has 0 radical (unpaired) electrons. The maximum absolute atomic E-state index is 12.1. The van der Waals surface area contributed by atoms with Gasteiger partial charge in [0.2, 0.25) is 5.91 Å². The molecule has 1 aromatic rings. The van der Waals surface area contributed by atoms with Gasteiger partial charge in [-0.25, -0.2) is 4.79 Å². The highest BCUT2D eigenvalue weighted by Crippen LogP contribution is 2.18. The Morgan fingerprint density at radius 2 is 1.90 bits per heavy atom. The molecule has 0 atom stereocenters. The van der Waals surface area contributed by atoms with Crippen molar-refractivity contribution in [3.05, 3.63) is 47.5 Å². The molecule has 0 aliphatic heterocycles. The normalized spacial score (nSPS) is 15.6. The van der Waals surface area contributed by atoms with Gasteiger partial charge >= 0.3 is 5.97 Å². The number of carboxylic acids is 1. The van der Waals surface area contributed by atoms with Gasteiger partial charge in [-0.2, -0.15) is 0 Å². The predicted octanol–water partition coefficient (Wildman–Crippen LogP) is 2.75. The first-order valence-electron chi connectivity index (χ1n) is 6.92. The Morgan fingerprint density at radius 1 is 1.20 bits per heavy atom. The van der Waals surface area contributed by atoms with Crippen molar-refractivity contribution < 1.29 is 14.7 Å². The fraction of sp³-hybridized carbons (Fsp3) is 0.375. The molecule has 0 fully saturated rings. The zero-order valence-electron chi connectivity index (χ0n) is 11.3. The van der Waals surface area contributed by atoms with Gasteiger partial charge in [0.05, 0.1) is 5.56 Å². The molecule has 2 N–H and O–H groups in total. The minimum atomic E-state index is -0.951. The Balaban J connectivity index is 1.89. The minimum absolute atomic E-state index is 0.0626. The maximum Gasteiger partial charge on any atom is 0.335 e. The lowest BCUT2D eigenvalue weighted by molar-refractivity contribution is -0.125. The van der Waals surface area contributed by atoms with Crippen LogP contribution in [0.5, 0.6) is 0 Å². The summed E-state index contributed by atoms with van der Waals surface area (Å²) in [6, 6.07) is 6.66. The van der Waals surface area contributed by atoms with Crippen LogP contribution in [0.3, 0.4) is 0 Å². The lowest BCUT2D eigenvalue weighted by atomic mass is 9.99. The lowest BCUT2D eigenvalue weighted by Gasteiger charge is -2.14. The summed E-state index contributed by atoms with van der Waals surface area (Å²) in [4.78, 5) is 23.0. The Hall–Kier alpha value is -2.10. The van der Waals surface area contributed by atoms with E-state index >= 15 is 0 Å². The zero-order valence-corrected chi connectivity index (χ0v) is 11.3. The summed E-state index contributed by atoms with van der Waals surface area (Å²) in [6.45, 7) is 0.379. The topological polar surface area (TPSA) is 66.4 Å². The summed E-state index contributed by atoms with van der Waals surface area (Å²) < 4.78 is 0. The minimum Gasteiger partial charge on any atom is -0.478 e. The molecule has 1 amide bonds. The predicted molar refractivity (Wildman–Crippen MR) is 76.3 cm³/mol. The van der Waals surface area contributed by atoms with Gasteiger partial charge in [-0.15, -0.1) is 0 Å². The average Bonchev–Trinajstić information content (AvgIpc) is 2.74. The Labute approximate surface area is 118 Å². The second-order valence-electron chi connectivity index (χ2n) is 5.05. The number of rotatable bonds is 4. The molecule has 106 valence electrons. The molecule has 1 aromatic carbocycles. The molecule has 1 aliphatic rings. The van der Waals surface area contributed by atoms with Crippen molar-refractivity contribution >= 4 is 11.9 Å². The second kappa shape index (κ2) is 6.89. The number of nitrogens with one attached hydrogen (secondary N) is 1. The van der Waals surface area contributed by atoms with Gasteiger partial charge < -0.3 is 10.4 Å². The van der Waals surface area contributed by atoms with Gasteiger partial charge in [-0.05, 0) is 43.4 Å². The van der Waals surface area contributed by atoms with Gasteiger partial charge in [-0.3, -0.25) is 4.79 Å². The number of carboxylic acid groups (broad SMARTS) is 1. The van der Waals surface area contributed by atoms with Crippen LogP contribution in [0.2, 0.25) is 0 Å². The number of hydrogen-bond acceptors (Lipinski definition) is 2. The highest BCUT2D eigenvalue weighted by atomic mass is 16.4. The summed E-state index contributed by atoms with van der Waals surface area (Å²) in [5.74, 6) is -0.824. The smallest absolute Gasteiger partial charge is 0.335 e. The van der Waals surface area contributed by atoms with E-state index in [0.29, 0.717) is 6.54 Å². The van der Waals surface area contributed by atoms with Gasteiger partial charge in [0.1, 0.15) is 0 Å². The van der Waals surface area contributed by atoms with Crippen LogP contribution in [0.15, 0.2) is 36.4 Å². The van der Waals surface area contributed by atoms with E-state index in [-0.39, 0.29) is 17.4 Å². The van der Waals surface area contributed by atoms with Gasteiger partial charge in [0, 0.05) is 12.5 Å². The first kappa shape index (κ1) is 14.3. The molecule has 0 spiro atoms. The number of benzene rings is 1. The molecule has 0 aromatic heterocycles. The Kier molecular flexibility index (Phi) is 4.93. The van der Waals surface area contributed by atoms with E-state index < -0.39 is 5.97 Å². The summed E-state index contributed by atoms with van der Waals surface area (Å²) in [7, 11) is 0. The number of hydrogen-bond donors (Lipinski definition) is 2. The van der Waals surface area contributed by atoms with Gasteiger partial charge in [0.25, 0.3) is 0 Å². The summed E-state index contributed by atoms with van der Waals surface area (Å²) in [5, 5.41) is 11.8. The van der Waals surface area contributed by atoms with Crippen molar-refractivity contribution in [1.29, 1.82) is 0 Å². The van der Waals surface area contributed by atoms with Gasteiger partial charge in [0.15, 0.2) is 0 Å². The molecule has 4 nitrogen and oxygen atoms in total. The third-order valence-electron chi connectivity index (χ3n) is 3.54. The molecule has 4 heteroatoms. The van der Waals surface area contributed by atoms with Crippen molar-refractivity contribution in [3.8, 4) is 0 Å². The molecular weight excluding hydrogens is 254 g/mol. The van der Waals surface area contributed by atoms with E-state index in [1.54, 1.807) is 18.2 Å². The van der Waals surface area contributed by atoms with E-state index in [4.69, 9.17) is 5.11 Å². The SMILES string of the molecule is O=C(O)c1cccc(CNC(=O)C2CCC=CCC2)c1. The van der Waals surface area contributed by atoms with Crippen molar-refractivity contribution in [2.75, 3.05) is 0 Å². The first-order chi connectivity index (χ1) is 9.66. The standard InChI is InChI=1S/C16H19NO3/c18-15(13-7-3-1-2-4-8-13)17-11-12-6-5-9-14(10-12)16(19)20/h1-2,5-6,9-10,13H,3-4,7-8,11H2,(H,17,18)(H,19,20). The highest BCUT2D eigenvalue weighted by Gasteiger charge is 2.18. The number of carbonyl (C=O) groups excluding carboxylic acids is 1. The number of amides is 1. The number of carbonyl (C=O) groups is 2. The van der Waals surface area contributed by atoms with Crippen LogP contribution >= 0.6 is 0 Å². The Bertz CT molecular complexity index is 512. The van der Waals surface area contributed by atoms with E-state index in [1.807, 2.05) is 6.07 Å². The molecule has 0 saturated heterocycles. The van der Waals surface area contributed by atoms with Crippen LogP contribution in [-0.4, -0.2) is 17.0 Å². The summed E-state index contributed by atoms with van der Waals surface area (Å²) in [6.07, 6.45) is 7.93. The van der Waals surface area contributed by atoms with Crippen LogP contribution in [-0.2, 0) is 11.3 Å². The highest BCUT2D eigenvalue weighted by molar-refractivity contribution is 5.87. The van der Waals surface area contributed by atoms with Crippen molar-refractivity contribution in [2.24, 2.45) is 5.92 Å². The van der Waals surface area contributed by atoms with Crippen LogP contribution in [0.1, 0.15) is 41.6 Å². The molecular formula is C16H19NO3. The van der Waals surface area contributed by atoms with Crippen molar-refractivity contribution in [1.82, 2.24) is 5.32 Å². The van der Waals surface area contributed by atoms with Crippen molar-refractivity contribution in [2.45, 2.75) is 32.2 Å². The molecule has 0 saturated carbocycles. The van der Waals surface area contributed by atoms with Crippen LogP contribution in [0.25, 0.3) is 0 Å². The largest absolute Gasteiger partial charge is 0.478 e. The van der Waals surface area contributed by atoms with Gasteiger partial charge in [-0.1, -0.05) is 24.3 Å². The number of aromatic carboxylic acids is 1. The van der Waals surface area contributed by atoms with Crippen LogP contribution in [0, 0.1) is 5.92 Å². The van der Waals surface area contributed by atoms with Crippen LogP contribution < -0.4 is 5.32 Å². The molecule has 1 aliphatic carbocycles. The molecule has 20 heavy (non-hydrogen) atoms. The average molecular weight is 273 g/mol. The van der Waals surface area contributed by atoms with E-state index in [1.165, 1.54) is 0 Å². The lowest BCUT2D eigenvalue weighted by Crippen LogP contribution is -2.30.